The third-order valence-electron chi connectivity index (χ3n) is 4.07. The lowest BCUT2D eigenvalue weighted by Crippen LogP contribution is -2.41. The van der Waals surface area contributed by atoms with Crippen LogP contribution in [0, 0.1) is 0 Å². The fourth-order valence-electron chi connectivity index (χ4n) is 2.59. The van der Waals surface area contributed by atoms with E-state index in [0.717, 1.165) is 0 Å². The first-order chi connectivity index (χ1) is 13.1. The molecule has 0 spiro atoms. The summed E-state index contributed by atoms with van der Waals surface area (Å²) in [6.07, 6.45) is 1.78. The Bertz CT molecular complexity index is 747. The Balaban J connectivity index is 1.77. The third-order valence-corrected chi connectivity index (χ3v) is 4.07. The van der Waals surface area contributed by atoms with Crippen LogP contribution in [0.25, 0.3) is 0 Å². The maximum absolute atomic E-state index is 12.2. The lowest BCUT2D eigenvalue weighted by Gasteiger charge is -2.16. The molecule has 0 aliphatic rings. The standard InChI is InChI=1S/C21H24N2O4/c1-27-21(26)18(23-20(25)17-12-6-3-7-13-17)14-8-9-15-22-19(24)16-10-4-2-5-11-16/h2-7,10-13,18H,8-9,14-15H2,1H3,(H,22,24)(H,23,25). The first-order valence-corrected chi connectivity index (χ1v) is 8.89. The van der Waals surface area contributed by atoms with Gasteiger partial charge >= 0.3 is 5.97 Å². The van der Waals surface area contributed by atoms with E-state index in [9.17, 15) is 14.4 Å². The molecule has 0 bridgehead atoms. The molecule has 6 nitrogen and oxygen atoms in total. The first kappa shape index (κ1) is 20.2. The van der Waals surface area contributed by atoms with Gasteiger partial charge in [-0.3, -0.25) is 9.59 Å². The lowest BCUT2D eigenvalue weighted by atomic mass is 10.1. The quantitative estimate of drug-likeness (QED) is 0.526. The molecule has 142 valence electrons. The van der Waals surface area contributed by atoms with Crippen LogP contribution in [-0.2, 0) is 9.53 Å². The summed E-state index contributed by atoms with van der Waals surface area (Å²) < 4.78 is 4.78. The number of rotatable bonds is 9. The Labute approximate surface area is 158 Å². The predicted octanol–water partition coefficient (Wildman–Crippen LogP) is 2.56. The number of unbranched alkanes of at least 4 members (excludes halogenated alkanes) is 1. The highest BCUT2D eigenvalue weighted by Gasteiger charge is 2.21. The van der Waals surface area contributed by atoms with E-state index >= 15 is 0 Å². The fourth-order valence-corrected chi connectivity index (χ4v) is 2.59. The average molecular weight is 368 g/mol. The van der Waals surface area contributed by atoms with E-state index in [1.165, 1.54) is 7.11 Å². The van der Waals surface area contributed by atoms with Crippen molar-refractivity contribution < 1.29 is 19.1 Å². The molecule has 0 saturated carbocycles. The Hall–Kier alpha value is -3.15. The van der Waals surface area contributed by atoms with Crippen molar-refractivity contribution in [1.29, 1.82) is 0 Å². The highest BCUT2D eigenvalue weighted by Crippen LogP contribution is 2.06. The molecular weight excluding hydrogens is 344 g/mol. The summed E-state index contributed by atoms with van der Waals surface area (Å²) in [6, 6.07) is 17.0. The third kappa shape index (κ3) is 6.58. The molecule has 2 N–H and O–H groups in total. The second-order valence-electron chi connectivity index (χ2n) is 6.03. The van der Waals surface area contributed by atoms with Crippen LogP contribution in [0.3, 0.4) is 0 Å². The molecule has 2 aromatic rings. The summed E-state index contributed by atoms with van der Waals surface area (Å²) in [5.41, 5.74) is 1.10. The van der Waals surface area contributed by atoms with E-state index in [1.807, 2.05) is 24.3 Å². The molecule has 1 unspecified atom stereocenters. The monoisotopic (exact) mass is 368 g/mol. The van der Waals surface area contributed by atoms with E-state index in [-0.39, 0.29) is 11.8 Å². The number of hydrogen-bond donors (Lipinski definition) is 2. The number of amides is 2. The van der Waals surface area contributed by atoms with E-state index < -0.39 is 12.0 Å². The molecule has 6 heteroatoms. The fraction of sp³-hybridized carbons (Fsp3) is 0.286. The van der Waals surface area contributed by atoms with Crippen LogP contribution in [0.15, 0.2) is 60.7 Å². The molecule has 0 fully saturated rings. The van der Waals surface area contributed by atoms with E-state index in [2.05, 4.69) is 10.6 Å². The van der Waals surface area contributed by atoms with Gasteiger partial charge in [0.25, 0.3) is 11.8 Å². The predicted molar refractivity (Wildman–Crippen MR) is 102 cm³/mol. The van der Waals surface area contributed by atoms with Crippen LogP contribution >= 0.6 is 0 Å². The highest BCUT2D eigenvalue weighted by molar-refractivity contribution is 5.96. The Morgan fingerprint density at radius 3 is 1.96 bits per heavy atom. The van der Waals surface area contributed by atoms with Crippen molar-refractivity contribution in [3.63, 3.8) is 0 Å². The van der Waals surface area contributed by atoms with Crippen LogP contribution in [0.1, 0.15) is 40.0 Å². The Morgan fingerprint density at radius 1 is 0.852 bits per heavy atom. The zero-order valence-corrected chi connectivity index (χ0v) is 15.3. The summed E-state index contributed by atoms with van der Waals surface area (Å²) in [5, 5.41) is 5.55. The van der Waals surface area contributed by atoms with Gasteiger partial charge in [0.2, 0.25) is 0 Å². The van der Waals surface area contributed by atoms with Crippen molar-refractivity contribution in [2.75, 3.05) is 13.7 Å². The van der Waals surface area contributed by atoms with Crippen LogP contribution in [0.5, 0.6) is 0 Å². The zero-order chi connectivity index (χ0) is 19.5. The lowest BCUT2D eigenvalue weighted by molar-refractivity contribution is -0.143. The van der Waals surface area contributed by atoms with Crippen molar-refractivity contribution in [1.82, 2.24) is 10.6 Å². The normalized spacial score (nSPS) is 11.3. The largest absolute Gasteiger partial charge is 0.467 e. The molecular formula is C21H24N2O4. The summed E-state index contributed by atoms with van der Waals surface area (Å²) in [5.74, 6) is -0.923. The van der Waals surface area contributed by atoms with Gasteiger partial charge in [-0.15, -0.1) is 0 Å². The molecule has 0 aliphatic carbocycles. The van der Waals surface area contributed by atoms with Crippen molar-refractivity contribution in [3.8, 4) is 0 Å². The van der Waals surface area contributed by atoms with Gasteiger partial charge in [-0.1, -0.05) is 36.4 Å². The smallest absolute Gasteiger partial charge is 0.328 e. The number of esters is 1. The molecule has 0 aromatic heterocycles. The van der Waals surface area contributed by atoms with Crippen molar-refractivity contribution in [3.05, 3.63) is 71.8 Å². The molecule has 0 radical (unpaired) electrons. The molecule has 2 amide bonds. The average Bonchev–Trinajstić information content (AvgIpc) is 2.73. The van der Waals surface area contributed by atoms with Gasteiger partial charge in [0.15, 0.2) is 0 Å². The van der Waals surface area contributed by atoms with Gasteiger partial charge in [0.1, 0.15) is 6.04 Å². The second kappa shape index (κ2) is 10.8. The van der Waals surface area contributed by atoms with Crippen LogP contribution in [0.2, 0.25) is 0 Å². The number of carbonyl (C=O) groups excluding carboxylic acids is 3. The minimum Gasteiger partial charge on any atom is -0.467 e. The van der Waals surface area contributed by atoms with E-state index in [0.29, 0.717) is 36.9 Å². The van der Waals surface area contributed by atoms with Crippen LogP contribution in [-0.4, -0.2) is 37.5 Å². The van der Waals surface area contributed by atoms with Gasteiger partial charge in [0.05, 0.1) is 7.11 Å². The zero-order valence-electron chi connectivity index (χ0n) is 15.3. The van der Waals surface area contributed by atoms with E-state index in [1.54, 1.807) is 36.4 Å². The molecule has 0 saturated heterocycles. The highest BCUT2D eigenvalue weighted by atomic mass is 16.5. The number of methoxy groups -OCH3 is 1. The van der Waals surface area contributed by atoms with Gasteiger partial charge in [-0.2, -0.15) is 0 Å². The number of ether oxygens (including phenoxy) is 1. The topological polar surface area (TPSA) is 84.5 Å². The number of benzene rings is 2. The Kier molecular flexibility index (Phi) is 8.03. The van der Waals surface area contributed by atoms with E-state index in [4.69, 9.17) is 4.74 Å². The number of hydrogen-bond acceptors (Lipinski definition) is 4. The molecule has 27 heavy (non-hydrogen) atoms. The summed E-state index contributed by atoms with van der Waals surface area (Å²) in [6.45, 7) is 0.494. The van der Waals surface area contributed by atoms with Gasteiger partial charge in [0, 0.05) is 17.7 Å². The second-order valence-corrected chi connectivity index (χ2v) is 6.03. The molecule has 1 atom stereocenters. The SMILES string of the molecule is COC(=O)C(CCCCNC(=O)c1ccccc1)NC(=O)c1ccccc1. The van der Waals surface area contributed by atoms with Gasteiger partial charge in [-0.25, -0.2) is 4.79 Å². The maximum Gasteiger partial charge on any atom is 0.328 e. The van der Waals surface area contributed by atoms with Crippen molar-refractivity contribution >= 4 is 17.8 Å². The molecule has 0 heterocycles. The Morgan fingerprint density at radius 2 is 1.41 bits per heavy atom. The summed E-state index contributed by atoms with van der Waals surface area (Å²) in [4.78, 5) is 36.1. The molecule has 0 aliphatic heterocycles. The number of nitrogens with one attached hydrogen (secondary N) is 2. The molecule has 2 aromatic carbocycles. The first-order valence-electron chi connectivity index (χ1n) is 8.89. The molecule has 2 rings (SSSR count). The van der Waals surface area contributed by atoms with Crippen LogP contribution < -0.4 is 10.6 Å². The van der Waals surface area contributed by atoms with Crippen molar-refractivity contribution in [2.45, 2.75) is 25.3 Å². The van der Waals surface area contributed by atoms with Crippen molar-refractivity contribution in [2.24, 2.45) is 0 Å². The minimum absolute atomic E-state index is 0.127. The number of carbonyl (C=O) groups is 3. The van der Waals surface area contributed by atoms with Gasteiger partial charge < -0.3 is 15.4 Å². The van der Waals surface area contributed by atoms with Gasteiger partial charge in [-0.05, 0) is 43.5 Å². The summed E-state index contributed by atoms with van der Waals surface area (Å²) >= 11 is 0. The maximum atomic E-state index is 12.2. The summed E-state index contributed by atoms with van der Waals surface area (Å²) in [7, 11) is 1.30. The van der Waals surface area contributed by atoms with Crippen LogP contribution in [0.4, 0.5) is 0 Å². The minimum atomic E-state index is -0.715.